The van der Waals surface area contributed by atoms with Crippen molar-refractivity contribution < 1.29 is 4.79 Å². The zero-order chi connectivity index (χ0) is 13.0. The molecule has 1 aliphatic rings. The van der Waals surface area contributed by atoms with Crippen molar-refractivity contribution in [3.8, 4) is 0 Å². The van der Waals surface area contributed by atoms with E-state index in [4.69, 9.17) is 0 Å². The molecule has 0 spiro atoms. The fourth-order valence-corrected chi connectivity index (χ4v) is 3.35. The zero-order valence-electron chi connectivity index (χ0n) is 11.0. The van der Waals surface area contributed by atoms with Gasteiger partial charge in [-0.25, -0.2) is 0 Å². The molecule has 1 N–H and O–H groups in total. The Morgan fingerprint density at radius 1 is 1.44 bits per heavy atom. The smallest absolute Gasteiger partial charge is 0.223 e. The highest BCUT2D eigenvalue weighted by Gasteiger charge is 2.21. The third-order valence-corrected chi connectivity index (χ3v) is 4.46. The molecule has 0 radical (unpaired) electrons. The first-order valence-corrected chi connectivity index (χ1v) is 7.29. The van der Waals surface area contributed by atoms with E-state index in [1.165, 1.54) is 10.5 Å². The molecule has 0 aromatic heterocycles. The van der Waals surface area contributed by atoms with Crippen LogP contribution in [0.15, 0.2) is 29.2 Å². The molecule has 0 aliphatic carbocycles. The number of hydrogen-bond donors (Lipinski definition) is 1. The van der Waals surface area contributed by atoms with Crippen LogP contribution < -0.4 is 5.32 Å². The van der Waals surface area contributed by atoms with Gasteiger partial charge in [-0.3, -0.25) is 4.79 Å². The summed E-state index contributed by atoms with van der Waals surface area (Å²) in [6.45, 7) is 1.73. The Hall–Kier alpha value is -1.00. The molecule has 1 aromatic carbocycles. The van der Waals surface area contributed by atoms with Gasteiger partial charge in [0.1, 0.15) is 0 Å². The highest BCUT2D eigenvalue weighted by Crippen LogP contribution is 2.38. The van der Waals surface area contributed by atoms with E-state index in [-0.39, 0.29) is 5.91 Å². The molecule has 18 heavy (non-hydrogen) atoms. The number of hydrogen-bond acceptors (Lipinski definition) is 3. The lowest BCUT2D eigenvalue weighted by Crippen LogP contribution is -2.29. The highest BCUT2D eigenvalue weighted by atomic mass is 32.2. The first-order valence-electron chi connectivity index (χ1n) is 6.31. The second-order valence-electron chi connectivity index (χ2n) is 4.79. The minimum atomic E-state index is 0.184. The molecular formula is C14H20N2OS. The number of rotatable bonds is 5. The van der Waals surface area contributed by atoms with Crippen molar-refractivity contribution in [2.75, 3.05) is 32.9 Å². The van der Waals surface area contributed by atoms with E-state index in [2.05, 4.69) is 29.6 Å². The van der Waals surface area contributed by atoms with Crippen molar-refractivity contribution in [2.24, 2.45) is 0 Å². The third-order valence-electron chi connectivity index (χ3n) is 3.20. The Morgan fingerprint density at radius 3 is 3.00 bits per heavy atom. The van der Waals surface area contributed by atoms with Crippen LogP contribution in [0.4, 0.5) is 0 Å². The number of amides is 1. The Labute approximate surface area is 113 Å². The van der Waals surface area contributed by atoms with E-state index in [1.54, 1.807) is 19.0 Å². The summed E-state index contributed by atoms with van der Waals surface area (Å²) in [5.74, 6) is 1.91. The molecule has 3 nitrogen and oxygen atoms in total. The fraction of sp³-hybridized carbons (Fsp3) is 0.500. The van der Waals surface area contributed by atoms with Crippen LogP contribution in [0.25, 0.3) is 0 Å². The Morgan fingerprint density at radius 2 is 2.22 bits per heavy atom. The second kappa shape index (κ2) is 6.25. The van der Waals surface area contributed by atoms with Crippen LogP contribution in [0.1, 0.15) is 17.9 Å². The predicted octanol–water partition coefficient (Wildman–Crippen LogP) is 1.94. The second-order valence-corrected chi connectivity index (χ2v) is 5.85. The number of benzene rings is 1. The molecule has 1 aromatic rings. The van der Waals surface area contributed by atoms with Crippen LogP contribution in [0.2, 0.25) is 0 Å². The molecular weight excluding hydrogens is 244 g/mol. The molecule has 1 unspecified atom stereocenters. The molecule has 0 saturated carbocycles. The number of thioether (sulfide) groups is 1. The van der Waals surface area contributed by atoms with E-state index < -0.39 is 0 Å². The van der Waals surface area contributed by atoms with Crippen LogP contribution in [-0.2, 0) is 4.79 Å². The van der Waals surface area contributed by atoms with Gasteiger partial charge in [0.25, 0.3) is 0 Å². The summed E-state index contributed by atoms with van der Waals surface area (Å²) in [5.41, 5.74) is 1.45. The summed E-state index contributed by atoms with van der Waals surface area (Å²) < 4.78 is 0. The van der Waals surface area contributed by atoms with E-state index in [9.17, 15) is 4.79 Å². The molecule has 0 bridgehead atoms. The summed E-state index contributed by atoms with van der Waals surface area (Å²) >= 11 is 1.93. The Kier molecular flexibility index (Phi) is 4.66. The van der Waals surface area contributed by atoms with Crippen LogP contribution >= 0.6 is 11.8 Å². The van der Waals surface area contributed by atoms with Crippen molar-refractivity contribution in [3.63, 3.8) is 0 Å². The van der Waals surface area contributed by atoms with Gasteiger partial charge in [-0.15, -0.1) is 11.8 Å². The maximum Gasteiger partial charge on any atom is 0.223 e. The zero-order valence-corrected chi connectivity index (χ0v) is 11.8. The molecule has 1 aliphatic heterocycles. The van der Waals surface area contributed by atoms with Gasteiger partial charge in [-0.2, -0.15) is 0 Å². The maximum atomic E-state index is 11.4. The van der Waals surface area contributed by atoms with Crippen LogP contribution in [-0.4, -0.2) is 43.7 Å². The van der Waals surface area contributed by atoms with Crippen LogP contribution in [0, 0.1) is 0 Å². The van der Waals surface area contributed by atoms with E-state index >= 15 is 0 Å². The number of fused-ring (bicyclic) bond motifs is 1. The van der Waals surface area contributed by atoms with E-state index in [1.807, 2.05) is 11.8 Å². The van der Waals surface area contributed by atoms with Gasteiger partial charge < -0.3 is 10.2 Å². The molecule has 1 heterocycles. The van der Waals surface area contributed by atoms with E-state index in [0.717, 1.165) is 18.8 Å². The predicted molar refractivity (Wildman–Crippen MR) is 76.1 cm³/mol. The number of nitrogens with zero attached hydrogens (tertiary/aromatic N) is 1. The molecule has 1 amide bonds. The van der Waals surface area contributed by atoms with Crippen molar-refractivity contribution in [3.05, 3.63) is 29.8 Å². The fourth-order valence-electron chi connectivity index (χ4n) is 2.09. The lowest BCUT2D eigenvalue weighted by atomic mass is 10.0. The van der Waals surface area contributed by atoms with Crippen molar-refractivity contribution in [1.82, 2.24) is 10.2 Å². The topological polar surface area (TPSA) is 32.3 Å². The Balaban J connectivity index is 1.74. The van der Waals surface area contributed by atoms with Gasteiger partial charge in [0.05, 0.1) is 0 Å². The molecule has 2 rings (SSSR count). The standard InChI is InChI=1S/C14H20N2OS/c1-16(2)14(17)7-8-15-9-11-10-18-13-6-4-3-5-12(11)13/h3-6,11,15H,7-10H2,1-2H3. The Bertz CT molecular complexity index is 420. The minimum Gasteiger partial charge on any atom is -0.349 e. The number of nitrogens with one attached hydrogen (secondary N) is 1. The highest BCUT2D eigenvalue weighted by molar-refractivity contribution is 7.99. The van der Waals surface area contributed by atoms with Crippen molar-refractivity contribution in [1.29, 1.82) is 0 Å². The van der Waals surface area contributed by atoms with Crippen molar-refractivity contribution in [2.45, 2.75) is 17.2 Å². The summed E-state index contributed by atoms with van der Waals surface area (Å²) in [6.07, 6.45) is 0.578. The van der Waals surface area contributed by atoms with Gasteiger partial charge in [0, 0.05) is 50.2 Å². The summed E-state index contributed by atoms with van der Waals surface area (Å²) in [7, 11) is 3.60. The lowest BCUT2D eigenvalue weighted by Gasteiger charge is -2.13. The quantitative estimate of drug-likeness (QED) is 0.825. The largest absolute Gasteiger partial charge is 0.349 e. The van der Waals surface area contributed by atoms with E-state index in [0.29, 0.717) is 12.3 Å². The first kappa shape index (κ1) is 13.4. The monoisotopic (exact) mass is 264 g/mol. The average molecular weight is 264 g/mol. The average Bonchev–Trinajstić information content (AvgIpc) is 2.77. The minimum absolute atomic E-state index is 0.184. The van der Waals surface area contributed by atoms with Gasteiger partial charge in [0.2, 0.25) is 5.91 Å². The molecule has 0 saturated heterocycles. The SMILES string of the molecule is CN(C)C(=O)CCNCC1CSc2ccccc21. The van der Waals surface area contributed by atoms with Gasteiger partial charge in [-0.1, -0.05) is 18.2 Å². The maximum absolute atomic E-state index is 11.4. The number of carbonyl (C=O) groups is 1. The van der Waals surface area contributed by atoms with Gasteiger partial charge in [-0.05, 0) is 11.6 Å². The summed E-state index contributed by atoms with van der Waals surface area (Å²) in [4.78, 5) is 14.5. The molecule has 4 heteroatoms. The third kappa shape index (κ3) is 3.27. The lowest BCUT2D eigenvalue weighted by molar-refractivity contribution is -0.128. The van der Waals surface area contributed by atoms with Gasteiger partial charge in [0.15, 0.2) is 0 Å². The normalized spacial score (nSPS) is 17.6. The van der Waals surface area contributed by atoms with Crippen LogP contribution in [0.3, 0.4) is 0 Å². The number of carbonyl (C=O) groups excluding carboxylic acids is 1. The molecule has 0 fully saturated rings. The molecule has 1 atom stereocenters. The summed E-state index contributed by atoms with van der Waals surface area (Å²) in [6, 6.07) is 8.60. The molecule has 98 valence electrons. The summed E-state index contributed by atoms with van der Waals surface area (Å²) in [5, 5.41) is 3.39. The van der Waals surface area contributed by atoms with Gasteiger partial charge >= 0.3 is 0 Å². The van der Waals surface area contributed by atoms with Crippen molar-refractivity contribution >= 4 is 17.7 Å². The first-order chi connectivity index (χ1) is 8.68. The van der Waals surface area contributed by atoms with Crippen LogP contribution in [0.5, 0.6) is 0 Å².